The highest BCUT2D eigenvalue weighted by Gasteiger charge is 2.11. The van der Waals surface area contributed by atoms with E-state index in [1.165, 1.54) is 11.8 Å². The fourth-order valence-electron chi connectivity index (χ4n) is 2.77. The van der Waals surface area contributed by atoms with Crippen LogP contribution in [-0.2, 0) is 11.2 Å². The monoisotopic (exact) mass is 401 g/mol. The van der Waals surface area contributed by atoms with Crippen molar-refractivity contribution >= 4 is 23.4 Å². The van der Waals surface area contributed by atoms with Crippen molar-refractivity contribution in [2.75, 3.05) is 26.5 Å². The molecule has 1 N–H and O–H groups in total. The van der Waals surface area contributed by atoms with Crippen LogP contribution in [0.1, 0.15) is 17.0 Å². The second kappa shape index (κ2) is 8.92. The Morgan fingerprint density at radius 3 is 2.68 bits per heavy atom. The number of carbonyl (C=O) groups is 1. The summed E-state index contributed by atoms with van der Waals surface area (Å²) in [7, 11) is 3.21. The van der Waals surface area contributed by atoms with E-state index in [1.54, 1.807) is 18.7 Å². The second-order valence-corrected chi connectivity index (χ2v) is 7.17. The largest absolute Gasteiger partial charge is 0.493 e. The van der Waals surface area contributed by atoms with E-state index in [2.05, 4.69) is 20.4 Å². The van der Waals surface area contributed by atoms with E-state index in [4.69, 9.17) is 9.47 Å². The summed E-state index contributed by atoms with van der Waals surface area (Å²) in [5.74, 6) is 2.10. The van der Waals surface area contributed by atoms with E-state index < -0.39 is 0 Å². The Balaban J connectivity index is 1.49. The normalized spacial score (nSPS) is 10.9. The third kappa shape index (κ3) is 4.72. The van der Waals surface area contributed by atoms with Gasteiger partial charge in [-0.05, 0) is 44.0 Å². The average Bonchev–Trinajstić information content (AvgIpc) is 3.09. The average molecular weight is 401 g/mol. The van der Waals surface area contributed by atoms with Crippen molar-refractivity contribution in [2.45, 2.75) is 25.4 Å². The van der Waals surface area contributed by atoms with E-state index in [1.807, 2.05) is 38.1 Å². The van der Waals surface area contributed by atoms with Gasteiger partial charge in [-0.25, -0.2) is 9.50 Å². The molecule has 0 bridgehead atoms. The third-order valence-electron chi connectivity index (χ3n) is 4.12. The molecule has 148 valence electrons. The Bertz CT molecular complexity index is 989. The van der Waals surface area contributed by atoms with Crippen molar-refractivity contribution in [1.29, 1.82) is 0 Å². The topological polar surface area (TPSA) is 90.6 Å². The fourth-order valence-corrected chi connectivity index (χ4v) is 3.42. The van der Waals surface area contributed by atoms with Crippen molar-refractivity contribution in [2.24, 2.45) is 0 Å². The molecule has 1 aromatic carbocycles. The highest BCUT2D eigenvalue weighted by atomic mass is 32.2. The minimum absolute atomic E-state index is 0.0646. The maximum absolute atomic E-state index is 12.1. The first kappa shape index (κ1) is 19.9. The van der Waals surface area contributed by atoms with E-state index in [0.717, 1.165) is 17.0 Å². The second-order valence-electron chi connectivity index (χ2n) is 6.22. The number of benzene rings is 1. The first-order chi connectivity index (χ1) is 13.5. The third-order valence-corrected chi connectivity index (χ3v) is 4.95. The number of aromatic nitrogens is 4. The molecule has 2 heterocycles. The Hall–Kier alpha value is -2.81. The van der Waals surface area contributed by atoms with Gasteiger partial charge in [-0.2, -0.15) is 4.98 Å². The Kier molecular flexibility index (Phi) is 6.35. The van der Waals surface area contributed by atoms with Crippen LogP contribution in [-0.4, -0.2) is 52.0 Å². The van der Waals surface area contributed by atoms with Crippen LogP contribution in [0.15, 0.2) is 29.4 Å². The lowest BCUT2D eigenvalue weighted by molar-refractivity contribution is -0.118. The number of hydrogen-bond donors (Lipinski definition) is 1. The van der Waals surface area contributed by atoms with Crippen LogP contribution in [0, 0.1) is 13.8 Å². The Morgan fingerprint density at radius 2 is 1.93 bits per heavy atom. The molecule has 0 spiro atoms. The maximum Gasteiger partial charge on any atom is 0.253 e. The zero-order chi connectivity index (χ0) is 20.1. The lowest BCUT2D eigenvalue weighted by atomic mass is 10.1. The SMILES string of the molecule is COc1ccc(CCNC(=O)CSc2nc3nc(C)cc(C)n3n2)cc1OC. The fraction of sp³-hybridized carbons (Fsp3) is 0.368. The molecule has 0 saturated carbocycles. The summed E-state index contributed by atoms with van der Waals surface area (Å²) in [5.41, 5.74) is 2.91. The molecule has 2 aromatic heterocycles. The van der Waals surface area contributed by atoms with Crippen LogP contribution in [0.3, 0.4) is 0 Å². The molecule has 0 aliphatic rings. The molecule has 0 unspecified atom stereocenters. The number of hydrogen-bond acceptors (Lipinski definition) is 7. The number of nitrogens with one attached hydrogen (secondary N) is 1. The molecule has 28 heavy (non-hydrogen) atoms. The molecule has 0 aliphatic carbocycles. The highest BCUT2D eigenvalue weighted by molar-refractivity contribution is 7.99. The van der Waals surface area contributed by atoms with E-state index in [9.17, 15) is 4.79 Å². The molecule has 1 amide bonds. The predicted molar refractivity (Wildman–Crippen MR) is 107 cm³/mol. The van der Waals surface area contributed by atoms with Gasteiger partial charge in [0.2, 0.25) is 11.1 Å². The number of fused-ring (bicyclic) bond motifs is 1. The van der Waals surface area contributed by atoms with Crippen LogP contribution in [0.2, 0.25) is 0 Å². The van der Waals surface area contributed by atoms with Crippen molar-refractivity contribution in [3.63, 3.8) is 0 Å². The summed E-state index contributed by atoms with van der Waals surface area (Å²) < 4.78 is 12.2. The zero-order valence-electron chi connectivity index (χ0n) is 16.4. The molecule has 0 aliphatic heterocycles. The van der Waals surface area contributed by atoms with Crippen LogP contribution in [0.5, 0.6) is 11.5 Å². The predicted octanol–water partition coefficient (Wildman–Crippen LogP) is 2.21. The van der Waals surface area contributed by atoms with Crippen LogP contribution in [0.4, 0.5) is 0 Å². The smallest absolute Gasteiger partial charge is 0.253 e. The van der Waals surface area contributed by atoms with Crippen molar-refractivity contribution in [3.8, 4) is 11.5 Å². The number of nitrogens with zero attached hydrogens (tertiary/aromatic N) is 4. The van der Waals surface area contributed by atoms with Crippen LogP contribution >= 0.6 is 11.8 Å². The number of carbonyl (C=O) groups excluding carboxylic acids is 1. The van der Waals surface area contributed by atoms with E-state index in [0.29, 0.717) is 35.4 Å². The Morgan fingerprint density at radius 1 is 1.14 bits per heavy atom. The molecule has 0 radical (unpaired) electrons. The van der Waals surface area contributed by atoms with Crippen LogP contribution in [0.25, 0.3) is 5.78 Å². The van der Waals surface area contributed by atoms with Crippen molar-refractivity contribution in [3.05, 3.63) is 41.2 Å². The molecule has 0 fully saturated rings. The summed E-state index contributed by atoms with van der Waals surface area (Å²) in [6, 6.07) is 7.67. The number of rotatable bonds is 8. The first-order valence-electron chi connectivity index (χ1n) is 8.81. The van der Waals surface area contributed by atoms with E-state index >= 15 is 0 Å². The Labute approximate surface area is 167 Å². The standard InChI is InChI=1S/C19H23N5O3S/c1-12-9-13(2)24-18(21-12)22-19(23-24)28-11-17(25)20-8-7-14-5-6-15(26-3)16(10-14)27-4/h5-6,9-10H,7-8,11H2,1-4H3,(H,20,25). The minimum Gasteiger partial charge on any atom is -0.493 e. The molecule has 0 saturated heterocycles. The number of aryl methyl sites for hydroxylation is 2. The molecule has 3 rings (SSSR count). The summed E-state index contributed by atoms with van der Waals surface area (Å²) in [6.45, 7) is 4.40. The minimum atomic E-state index is -0.0646. The van der Waals surface area contributed by atoms with Gasteiger partial charge < -0.3 is 14.8 Å². The molecular weight excluding hydrogens is 378 g/mol. The van der Waals surface area contributed by atoms with Gasteiger partial charge in [-0.1, -0.05) is 17.8 Å². The molecule has 8 nitrogen and oxygen atoms in total. The van der Waals surface area contributed by atoms with Gasteiger partial charge in [0.1, 0.15) is 0 Å². The lowest BCUT2D eigenvalue weighted by Gasteiger charge is -2.10. The quantitative estimate of drug-likeness (QED) is 0.579. The van der Waals surface area contributed by atoms with Crippen molar-refractivity contribution < 1.29 is 14.3 Å². The molecule has 9 heteroatoms. The van der Waals surface area contributed by atoms with Crippen molar-refractivity contribution in [1.82, 2.24) is 24.9 Å². The van der Waals surface area contributed by atoms with Gasteiger partial charge in [0.25, 0.3) is 5.78 Å². The van der Waals surface area contributed by atoms with Gasteiger partial charge >= 0.3 is 0 Å². The number of methoxy groups -OCH3 is 2. The number of amides is 1. The summed E-state index contributed by atoms with van der Waals surface area (Å²) in [6.07, 6.45) is 0.700. The maximum atomic E-state index is 12.1. The molecule has 0 atom stereocenters. The van der Waals surface area contributed by atoms with Gasteiger partial charge in [0.05, 0.1) is 20.0 Å². The van der Waals surface area contributed by atoms with Gasteiger partial charge in [-0.15, -0.1) is 5.10 Å². The summed E-state index contributed by atoms with van der Waals surface area (Å²) in [5, 5.41) is 7.84. The highest BCUT2D eigenvalue weighted by Crippen LogP contribution is 2.27. The zero-order valence-corrected chi connectivity index (χ0v) is 17.2. The summed E-state index contributed by atoms with van der Waals surface area (Å²) >= 11 is 1.29. The van der Waals surface area contributed by atoms with Crippen LogP contribution < -0.4 is 14.8 Å². The number of ether oxygens (including phenoxy) is 2. The van der Waals surface area contributed by atoms with Gasteiger partial charge in [-0.3, -0.25) is 4.79 Å². The van der Waals surface area contributed by atoms with E-state index in [-0.39, 0.29) is 11.7 Å². The lowest BCUT2D eigenvalue weighted by Crippen LogP contribution is -2.27. The van der Waals surface area contributed by atoms with Gasteiger partial charge in [0.15, 0.2) is 11.5 Å². The van der Waals surface area contributed by atoms with Gasteiger partial charge in [0, 0.05) is 17.9 Å². The summed E-state index contributed by atoms with van der Waals surface area (Å²) in [4.78, 5) is 20.8. The molecular formula is C19H23N5O3S. The first-order valence-corrected chi connectivity index (χ1v) is 9.80. The number of thioether (sulfide) groups is 1. The molecule has 3 aromatic rings.